The number of benzene rings is 1. The van der Waals surface area contributed by atoms with Gasteiger partial charge < -0.3 is 5.32 Å². The van der Waals surface area contributed by atoms with Gasteiger partial charge in [0.1, 0.15) is 0 Å². The third-order valence-corrected chi connectivity index (χ3v) is 3.42. The monoisotopic (exact) mass is 314 g/mol. The van der Waals surface area contributed by atoms with E-state index in [0.29, 0.717) is 11.6 Å². The van der Waals surface area contributed by atoms with Crippen LogP contribution in [0.4, 0.5) is 0 Å². The number of halogens is 2. The van der Waals surface area contributed by atoms with E-state index in [-0.39, 0.29) is 0 Å². The van der Waals surface area contributed by atoms with Gasteiger partial charge in [0.05, 0.1) is 17.6 Å². The van der Waals surface area contributed by atoms with Gasteiger partial charge in [0, 0.05) is 16.0 Å². The topological polar surface area (TPSA) is 42.7 Å². The first-order valence-corrected chi connectivity index (χ1v) is 6.30. The van der Waals surface area contributed by atoms with Gasteiger partial charge in [-0.05, 0) is 47.6 Å². The van der Waals surface area contributed by atoms with Crippen LogP contribution >= 0.6 is 27.5 Å². The van der Waals surface area contributed by atoms with E-state index in [1.807, 2.05) is 32.3 Å². The Kier molecular flexibility index (Phi) is 3.81. The van der Waals surface area contributed by atoms with Gasteiger partial charge in [0.15, 0.2) is 0 Å². The molecule has 1 N–H and O–H groups in total. The second-order valence-electron chi connectivity index (χ2n) is 3.74. The predicted molar refractivity (Wildman–Crippen MR) is 71.6 cm³/mol. The maximum atomic E-state index is 6.11. The number of hydrogen-bond acceptors (Lipinski definition) is 3. The van der Waals surface area contributed by atoms with Gasteiger partial charge in [-0.2, -0.15) is 0 Å². The Hall–Kier alpha value is -0.910. The highest BCUT2D eigenvalue weighted by Gasteiger charge is 2.08. The summed E-state index contributed by atoms with van der Waals surface area (Å²) in [6.45, 7) is 2.65. The van der Waals surface area contributed by atoms with E-state index < -0.39 is 0 Å². The molecule has 0 saturated carbocycles. The van der Waals surface area contributed by atoms with Gasteiger partial charge in [-0.25, -0.2) is 4.68 Å². The van der Waals surface area contributed by atoms with Gasteiger partial charge in [-0.3, -0.25) is 0 Å². The van der Waals surface area contributed by atoms with Crippen molar-refractivity contribution in [3.05, 3.63) is 39.1 Å². The molecule has 0 amide bonds. The number of aromatic nitrogens is 3. The largest absolute Gasteiger partial charge is 0.314 e. The lowest BCUT2D eigenvalue weighted by Crippen LogP contribution is -2.05. The predicted octanol–water partition coefficient (Wildman–Crippen LogP) is 2.71. The lowest BCUT2D eigenvalue weighted by atomic mass is 10.2. The highest BCUT2D eigenvalue weighted by molar-refractivity contribution is 9.10. The molecule has 2 rings (SSSR count). The van der Waals surface area contributed by atoms with Crippen molar-refractivity contribution in [2.75, 3.05) is 7.05 Å². The van der Waals surface area contributed by atoms with Crippen molar-refractivity contribution in [2.45, 2.75) is 13.5 Å². The van der Waals surface area contributed by atoms with Crippen LogP contribution in [-0.4, -0.2) is 22.0 Å². The van der Waals surface area contributed by atoms with Gasteiger partial charge in [-0.1, -0.05) is 16.8 Å². The average Bonchev–Trinajstić information content (AvgIpc) is 2.72. The summed E-state index contributed by atoms with van der Waals surface area (Å²) in [7, 11) is 1.87. The van der Waals surface area contributed by atoms with E-state index in [4.69, 9.17) is 11.6 Å². The number of nitrogens with zero attached hydrogens (tertiary/aromatic N) is 3. The normalized spacial score (nSPS) is 10.8. The van der Waals surface area contributed by atoms with Gasteiger partial charge in [-0.15, -0.1) is 5.10 Å². The van der Waals surface area contributed by atoms with Crippen molar-refractivity contribution in [3.8, 4) is 5.69 Å². The minimum atomic E-state index is 0.692. The number of hydrogen-bond donors (Lipinski definition) is 1. The third-order valence-electron chi connectivity index (χ3n) is 2.37. The minimum Gasteiger partial charge on any atom is -0.314 e. The van der Waals surface area contributed by atoms with Crippen LogP contribution in [0.5, 0.6) is 0 Å². The van der Waals surface area contributed by atoms with Crippen LogP contribution in [0.15, 0.2) is 22.8 Å². The molecular weight excluding hydrogens is 304 g/mol. The zero-order valence-electron chi connectivity index (χ0n) is 9.54. The van der Waals surface area contributed by atoms with Crippen molar-refractivity contribution in [3.63, 3.8) is 0 Å². The number of nitrogens with one attached hydrogen (secondary N) is 1. The number of rotatable bonds is 3. The van der Waals surface area contributed by atoms with E-state index >= 15 is 0 Å². The van der Waals surface area contributed by atoms with E-state index in [1.165, 1.54) is 0 Å². The van der Waals surface area contributed by atoms with Crippen molar-refractivity contribution in [2.24, 2.45) is 0 Å². The van der Waals surface area contributed by atoms with Gasteiger partial charge in [0.2, 0.25) is 0 Å². The quantitative estimate of drug-likeness (QED) is 0.947. The van der Waals surface area contributed by atoms with Gasteiger partial charge >= 0.3 is 0 Å². The molecule has 17 heavy (non-hydrogen) atoms. The fraction of sp³-hybridized carbons (Fsp3) is 0.273. The van der Waals surface area contributed by atoms with E-state index in [0.717, 1.165) is 21.4 Å². The average molecular weight is 316 g/mol. The summed E-state index contributed by atoms with van der Waals surface area (Å²) in [4.78, 5) is 0. The molecule has 2 aromatic rings. The third kappa shape index (κ3) is 2.68. The van der Waals surface area contributed by atoms with E-state index in [1.54, 1.807) is 4.68 Å². The van der Waals surface area contributed by atoms with Crippen molar-refractivity contribution >= 4 is 27.5 Å². The summed E-state index contributed by atoms with van der Waals surface area (Å²) >= 11 is 9.61. The zero-order valence-corrected chi connectivity index (χ0v) is 11.9. The van der Waals surface area contributed by atoms with Crippen LogP contribution in [0.1, 0.15) is 11.3 Å². The molecule has 90 valence electrons. The molecule has 4 nitrogen and oxygen atoms in total. The molecule has 0 radical (unpaired) electrons. The standard InChI is InChI=1S/C11H12BrClN4/c1-7-3-9(12)11(4-10(7)13)17-6-8(5-14-2)15-16-17/h3-4,6,14H,5H2,1-2H3. The smallest absolute Gasteiger partial charge is 0.0969 e. The van der Waals surface area contributed by atoms with E-state index in [2.05, 4.69) is 31.6 Å². The van der Waals surface area contributed by atoms with Crippen LogP contribution in [0.2, 0.25) is 5.02 Å². The molecule has 0 aliphatic carbocycles. The highest BCUT2D eigenvalue weighted by Crippen LogP contribution is 2.27. The molecule has 0 spiro atoms. The van der Waals surface area contributed by atoms with Gasteiger partial charge in [0.25, 0.3) is 0 Å². The molecule has 0 fully saturated rings. The fourth-order valence-corrected chi connectivity index (χ4v) is 2.29. The molecule has 1 heterocycles. The Morgan fingerprint density at radius 2 is 2.24 bits per heavy atom. The molecule has 6 heteroatoms. The maximum Gasteiger partial charge on any atom is 0.0969 e. The molecule has 0 saturated heterocycles. The first-order valence-electron chi connectivity index (χ1n) is 5.13. The Morgan fingerprint density at radius 3 is 2.94 bits per heavy atom. The Balaban J connectivity index is 2.41. The van der Waals surface area contributed by atoms with Crippen molar-refractivity contribution in [1.82, 2.24) is 20.3 Å². The van der Waals surface area contributed by atoms with Crippen LogP contribution in [0.3, 0.4) is 0 Å². The summed E-state index contributed by atoms with van der Waals surface area (Å²) in [6.07, 6.45) is 1.88. The lowest BCUT2D eigenvalue weighted by Gasteiger charge is -2.06. The highest BCUT2D eigenvalue weighted by atomic mass is 79.9. The van der Waals surface area contributed by atoms with Crippen LogP contribution in [-0.2, 0) is 6.54 Å². The molecule has 1 aromatic carbocycles. The summed E-state index contributed by atoms with van der Waals surface area (Å²) in [5, 5.41) is 11.9. The molecule has 0 atom stereocenters. The molecule has 0 bridgehead atoms. The first-order chi connectivity index (χ1) is 8.11. The van der Waals surface area contributed by atoms with E-state index in [9.17, 15) is 0 Å². The molecule has 1 aromatic heterocycles. The summed E-state index contributed by atoms with van der Waals surface area (Å²) < 4.78 is 2.66. The second kappa shape index (κ2) is 5.16. The Morgan fingerprint density at radius 1 is 1.47 bits per heavy atom. The molecule has 0 unspecified atom stereocenters. The Labute approximate surface area is 113 Å². The minimum absolute atomic E-state index is 0.692. The summed E-state index contributed by atoms with van der Waals surface area (Å²) in [5.74, 6) is 0. The van der Waals surface area contributed by atoms with Crippen LogP contribution < -0.4 is 5.32 Å². The fourth-order valence-electron chi connectivity index (χ4n) is 1.49. The first kappa shape index (κ1) is 12.5. The maximum absolute atomic E-state index is 6.11. The van der Waals surface area contributed by atoms with Crippen LogP contribution in [0.25, 0.3) is 5.69 Å². The van der Waals surface area contributed by atoms with Crippen molar-refractivity contribution < 1.29 is 0 Å². The summed E-state index contributed by atoms with van der Waals surface area (Å²) in [6, 6.07) is 3.84. The SMILES string of the molecule is CNCc1cn(-c2cc(Cl)c(C)cc2Br)nn1. The molecule has 0 aliphatic heterocycles. The molecule has 0 aliphatic rings. The van der Waals surface area contributed by atoms with Crippen LogP contribution in [0, 0.1) is 6.92 Å². The Bertz CT molecular complexity index is 538. The summed E-state index contributed by atoms with van der Waals surface area (Å²) in [5.41, 5.74) is 2.80. The zero-order chi connectivity index (χ0) is 12.4. The number of aryl methyl sites for hydroxylation is 1. The van der Waals surface area contributed by atoms with Crippen molar-refractivity contribution in [1.29, 1.82) is 0 Å². The molecular formula is C11H12BrClN4. The lowest BCUT2D eigenvalue weighted by molar-refractivity contribution is 0.766. The second-order valence-corrected chi connectivity index (χ2v) is 5.00.